The number of benzene rings is 3. The second kappa shape index (κ2) is 10.9. The van der Waals surface area contributed by atoms with E-state index in [9.17, 15) is 21.6 Å². The summed E-state index contributed by atoms with van der Waals surface area (Å²) in [5.41, 5.74) is 1.32. The summed E-state index contributed by atoms with van der Waals surface area (Å²) in [6.07, 6.45) is -2.66. The lowest BCUT2D eigenvalue weighted by Crippen LogP contribution is -2.05. The smallest absolute Gasteiger partial charge is 0.324 e. The number of nitrogens with one attached hydrogen (secondary N) is 1. The summed E-state index contributed by atoms with van der Waals surface area (Å²) < 4.78 is 67.3. The van der Waals surface area contributed by atoms with E-state index < -0.39 is 21.9 Å². The van der Waals surface area contributed by atoms with Gasteiger partial charge in [0.2, 0.25) is 5.95 Å². The summed E-state index contributed by atoms with van der Waals surface area (Å²) in [5, 5.41) is 3.93. The van der Waals surface area contributed by atoms with Crippen LogP contribution in [0.3, 0.4) is 0 Å². The topological polar surface area (TPSA) is 118 Å². The van der Waals surface area contributed by atoms with E-state index in [0.717, 1.165) is 28.6 Å². The highest BCUT2D eigenvalue weighted by atomic mass is 32.2. The Hall–Kier alpha value is -4.42. The van der Waals surface area contributed by atoms with E-state index in [4.69, 9.17) is 4.55 Å². The molecule has 5 rings (SSSR count). The van der Waals surface area contributed by atoms with E-state index in [1.165, 1.54) is 24.3 Å². The standard InChI is InChI=1S/C20H14F3N5.C6H6O3S/c1-12-25-18(14-5-4-13-3-2-10-24-17(13)11-14)28-19(26-12)27-16-8-6-15(7-9-16)20(21,22)23;7-10(8,9)6-4-2-1-3-5-6/h2-11H,1H3,(H,25,26,27,28);1-5H,(H,7,8,9). The summed E-state index contributed by atoms with van der Waals surface area (Å²) in [4.78, 5) is 17.2. The molecule has 8 nitrogen and oxygen atoms in total. The van der Waals surface area contributed by atoms with Crippen LogP contribution in [0.15, 0.2) is 96.0 Å². The number of aryl methyl sites for hydroxylation is 1. The summed E-state index contributed by atoms with van der Waals surface area (Å²) in [5.74, 6) is 1.19. The number of nitrogens with zero attached hydrogens (tertiary/aromatic N) is 4. The van der Waals surface area contributed by atoms with Crippen LogP contribution in [-0.2, 0) is 16.3 Å². The van der Waals surface area contributed by atoms with Gasteiger partial charge >= 0.3 is 6.18 Å². The van der Waals surface area contributed by atoms with Gasteiger partial charge in [0.05, 0.1) is 16.0 Å². The van der Waals surface area contributed by atoms with Crippen molar-refractivity contribution in [1.82, 2.24) is 19.9 Å². The van der Waals surface area contributed by atoms with Crippen molar-refractivity contribution in [3.05, 3.63) is 103 Å². The van der Waals surface area contributed by atoms with E-state index in [-0.39, 0.29) is 10.8 Å². The highest BCUT2D eigenvalue weighted by Crippen LogP contribution is 2.30. The molecule has 2 aromatic heterocycles. The van der Waals surface area contributed by atoms with Crippen LogP contribution in [0.2, 0.25) is 0 Å². The summed E-state index contributed by atoms with van der Waals surface area (Å²) in [6, 6.07) is 21.6. The van der Waals surface area contributed by atoms with Crippen molar-refractivity contribution < 1.29 is 26.1 Å². The second-order valence-corrected chi connectivity index (χ2v) is 9.35. The van der Waals surface area contributed by atoms with Crippen molar-refractivity contribution in [2.24, 2.45) is 0 Å². The number of pyridine rings is 1. The molecular formula is C26H20F3N5O3S. The number of halogens is 3. The van der Waals surface area contributed by atoms with Gasteiger partial charge in [-0.2, -0.15) is 31.6 Å². The van der Waals surface area contributed by atoms with Gasteiger partial charge in [-0.05, 0) is 55.5 Å². The zero-order chi connectivity index (χ0) is 27.3. The van der Waals surface area contributed by atoms with E-state index in [0.29, 0.717) is 17.3 Å². The molecule has 194 valence electrons. The predicted octanol–water partition coefficient (Wildman–Crippen LogP) is 6.09. The SMILES string of the molecule is Cc1nc(Nc2ccc(C(F)(F)F)cc2)nc(-c2ccc3cccnc3c2)n1.O=S(=O)(O)c1ccccc1. The van der Waals surface area contributed by atoms with Crippen LogP contribution in [0.25, 0.3) is 22.3 Å². The van der Waals surface area contributed by atoms with Crippen LogP contribution in [0, 0.1) is 6.92 Å². The Labute approximate surface area is 216 Å². The molecule has 2 N–H and O–H groups in total. The van der Waals surface area contributed by atoms with Gasteiger partial charge in [0.15, 0.2) is 5.82 Å². The maximum Gasteiger partial charge on any atom is 0.416 e. The number of aromatic nitrogens is 4. The Balaban J connectivity index is 0.000000283. The lowest BCUT2D eigenvalue weighted by Gasteiger charge is -2.10. The van der Waals surface area contributed by atoms with Gasteiger partial charge in [0.1, 0.15) is 5.82 Å². The molecule has 0 radical (unpaired) electrons. The maximum absolute atomic E-state index is 12.7. The molecule has 5 aromatic rings. The fraction of sp³-hybridized carbons (Fsp3) is 0.0769. The Morgan fingerprint density at radius 3 is 2.18 bits per heavy atom. The fourth-order valence-electron chi connectivity index (χ4n) is 3.34. The van der Waals surface area contributed by atoms with Crippen molar-refractivity contribution in [2.75, 3.05) is 5.32 Å². The first-order chi connectivity index (χ1) is 18.0. The summed E-state index contributed by atoms with van der Waals surface area (Å²) in [7, 11) is -4.00. The largest absolute Gasteiger partial charge is 0.416 e. The highest BCUT2D eigenvalue weighted by Gasteiger charge is 2.29. The lowest BCUT2D eigenvalue weighted by atomic mass is 10.1. The maximum atomic E-state index is 12.7. The van der Waals surface area contributed by atoms with Crippen molar-refractivity contribution in [2.45, 2.75) is 18.0 Å². The third-order valence-electron chi connectivity index (χ3n) is 5.12. The Morgan fingerprint density at radius 1 is 0.842 bits per heavy atom. The Bertz CT molecular complexity index is 1660. The first kappa shape index (κ1) is 26.6. The zero-order valence-electron chi connectivity index (χ0n) is 19.8. The Morgan fingerprint density at radius 2 is 1.55 bits per heavy atom. The van der Waals surface area contributed by atoms with Gasteiger partial charge in [0.25, 0.3) is 10.1 Å². The van der Waals surface area contributed by atoms with Crippen molar-refractivity contribution in [3.8, 4) is 11.4 Å². The molecule has 0 unspecified atom stereocenters. The Kier molecular flexibility index (Phi) is 7.65. The van der Waals surface area contributed by atoms with Gasteiger partial charge < -0.3 is 5.32 Å². The monoisotopic (exact) mass is 539 g/mol. The zero-order valence-corrected chi connectivity index (χ0v) is 20.6. The van der Waals surface area contributed by atoms with Crippen molar-refractivity contribution in [1.29, 1.82) is 0 Å². The minimum atomic E-state index is -4.38. The van der Waals surface area contributed by atoms with Gasteiger partial charge in [0, 0.05) is 22.8 Å². The molecule has 0 fully saturated rings. The molecule has 38 heavy (non-hydrogen) atoms. The minimum Gasteiger partial charge on any atom is -0.324 e. The highest BCUT2D eigenvalue weighted by molar-refractivity contribution is 7.85. The van der Waals surface area contributed by atoms with Crippen LogP contribution in [-0.4, -0.2) is 32.9 Å². The van der Waals surface area contributed by atoms with Gasteiger partial charge in [-0.25, -0.2) is 4.98 Å². The molecule has 0 spiro atoms. The molecule has 0 bridgehead atoms. The van der Waals surface area contributed by atoms with Crippen molar-refractivity contribution in [3.63, 3.8) is 0 Å². The third-order valence-corrected chi connectivity index (χ3v) is 5.99. The number of hydrogen-bond acceptors (Lipinski definition) is 7. The fourth-order valence-corrected chi connectivity index (χ4v) is 3.84. The normalized spacial score (nSPS) is 11.5. The molecule has 0 aliphatic rings. The number of alkyl halides is 3. The number of anilines is 2. The molecular weight excluding hydrogens is 519 g/mol. The number of rotatable bonds is 4. The van der Waals surface area contributed by atoms with Gasteiger partial charge in [-0.1, -0.05) is 36.4 Å². The quantitative estimate of drug-likeness (QED) is 0.264. The third kappa shape index (κ3) is 6.87. The first-order valence-corrected chi connectivity index (χ1v) is 12.5. The molecule has 0 saturated heterocycles. The molecule has 0 atom stereocenters. The molecule has 2 heterocycles. The van der Waals surface area contributed by atoms with Crippen molar-refractivity contribution >= 4 is 32.7 Å². The van der Waals surface area contributed by atoms with Crippen LogP contribution in [0.1, 0.15) is 11.4 Å². The van der Waals surface area contributed by atoms with Crippen LogP contribution in [0.4, 0.5) is 24.8 Å². The average molecular weight is 540 g/mol. The average Bonchev–Trinajstić information content (AvgIpc) is 2.88. The van der Waals surface area contributed by atoms with Crippen LogP contribution >= 0.6 is 0 Å². The molecule has 0 saturated carbocycles. The summed E-state index contributed by atoms with van der Waals surface area (Å²) >= 11 is 0. The van der Waals surface area contributed by atoms with Gasteiger partial charge in [-0.3, -0.25) is 9.54 Å². The van der Waals surface area contributed by atoms with E-state index >= 15 is 0 Å². The molecule has 0 aliphatic carbocycles. The first-order valence-electron chi connectivity index (χ1n) is 11.0. The second-order valence-electron chi connectivity index (χ2n) is 7.93. The predicted molar refractivity (Wildman–Crippen MR) is 136 cm³/mol. The number of fused-ring (bicyclic) bond motifs is 1. The molecule has 3 aromatic carbocycles. The van der Waals surface area contributed by atoms with E-state index in [1.54, 1.807) is 31.3 Å². The summed E-state index contributed by atoms with van der Waals surface area (Å²) in [6.45, 7) is 1.72. The minimum absolute atomic E-state index is 0.0741. The van der Waals surface area contributed by atoms with Gasteiger partial charge in [-0.15, -0.1) is 0 Å². The van der Waals surface area contributed by atoms with E-state index in [1.807, 2.05) is 30.3 Å². The molecule has 0 aliphatic heterocycles. The van der Waals surface area contributed by atoms with E-state index in [2.05, 4.69) is 25.3 Å². The van der Waals surface area contributed by atoms with Crippen LogP contribution in [0.5, 0.6) is 0 Å². The molecule has 0 amide bonds. The lowest BCUT2D eigenvalue weighted by molar-refractivity contribution is -0.137. The van der Waals surface area contributed by atoms with Crippen LogP contribution < -0.4 is 5.32 Å². The number of hydrogen-bond donors (Lipinski definition) is 2. The molecule has 12 heteroatoms.